The molecule has 19 heavy (non-hydrogen) atoms. The standard InChI is InChI=1S/C17H20O2/c1-13(14(2)18)16-8-10-17(11-9-16)19-12-15-6-4-3-5-7-15/h3-11,13-14,18H,12H2,1-2H3. The third-order valence-electron chi connectivity index (χ3n) is 3.38. The van der Waals surface area contributed by atoms with Gasteiger partial charge in [-0.25, -0.2) is 0 Å². The molecular weight excluding hydrogens is 236 g/mol. The highest BCUT2D eigenvalue weighted by Crippen LogP contribution is 2.22. The zero-order chi connectivity index (χ0) is 13.7. The molecule has 0 amide bonds. The Kier molecular flexibility index (Phi) is 4.58. The molecule has 2 atom stereocenters. The van der Waals surface area contributed by atoms with E-state index in [2.05, 4.69) is 0 Å². The number of aliphatic hydroxyl groups is 1. The molecule has 0 saturated carbocycles. The summed E-state index contributed by atoms with van der Waals surface area (Å²) in [5.41, 5.74) is 2.28. The number of ether oxygens (including phenoxy) is 1. The van der Waals surface area contributed by atoms with E-state index < -0.39 is 0 Å². The van der Waals surface area contributed by atoms with Gasteiger partial charge in [-0.05, 0) is 30.2 Å². The Morgan fingerprint density at radius 3 is 2.16 bits per heavy atom. The Bertz CT molecular complexity index is 488. The van der Waals surface area contributed by atoms with Crippen LogP contribution in [-0.2, 0) is 6.61 Å². The van der Waals surface area contributed by atoms with Gasteiger partial charge in [-0.15, -0.1) is 0 Å². The van der Waals surface area contributed by atoms with Gasteiger partial charge in [-0.2, -0.15) is 0 Å². The third-order valence-corrected chi connectivity index (χ3v) is 3.38. The van der Waals surface area contributed by atoms with E-state index in [9.17, 15) is 5.11 Å². The van der Waals surface area contributed by atoms with E-state index in [0.29, 0.717) is 6.61 Å². The quantitative estimate of drug-likeness (QED) is 0.882. The fourth-order valence-corrected chi connectivity index (χ4v) is 1.89. The highest BCUT2D eigenvalue weighted by atomic mass is 16.5. The molecule has 0 aliphatic rings. The van der Waals surface area contributed by atoms with Crippen LogP contribution in [0.3, 0.4) is 0 Å². The summed E-state index contributed by atoms with van der Waals surface area (Å²) in [6.45, 7) is 4.40. The fraction of sp³-hybridized carbons (Fsp3) is 0.294. The second kappa shape index (κ2) is 6.39. The molecule has 0 aliphatic heterocycles. The average molecular weight is 256 g/mol. The number of benzene rings is 2. The first-order valence-electron chi connectivity index (χ1n) is 6.61. The summed E-state index contributed by atoms with van der Waals surface area (Å²) in [7, 11) is 0. The molecule has 0 saturated heterocycles. The summed E-state index contributed by atoms with van der Waals surface area (Å²) >= 11 is 0. The second-order valence-electron chi connectivity index (χ2n) is 4.87. The van der Waals surface area contributed by atoms with Gasteiger partial charge in [0, 0.05) is 5.92 Å². The predicted octanol–water partition coefficient (Wildman–Crippen LogP) is 3.75. The van der Waals surface area contributed by atoms with Crippen molar-refractivity contribution in [2.75, 3.05) is 0 Å². The summed E-state index contributed by atoms with van der Waals surface area (Å²) in [5, 5.41) is 9.56. The lowest BCUT2D eigenvalue weighted by molar-refractivity contribution is 0.169. The Morgan fingerprint density at radius 2 is 1.58 bits per heavy atom. The molecule has 0 aliphatic carbocycles. The van der Waals surface area contributed by atoms with Crippen LogP contribution in [0.5, 0.6) is 5.75 Å². The van der Waals surface area contributed by atoms with Crippen molar-refractivity contribution in [1.82, 2.24) is 0 Å². The second-order valence-corrected chi connectivity index (χ2v) is 4.87. The van der Waals surface area contributed by atoms with Gasteiger partial charge in [0.05, 0.1) is 6.10 Å². The van der Waals surface area contributed by atoms with Crippen LogP contribution in [-0.4, -0.2) is 11.2 Å². The normalized spacial score (nSPS) is 13.8. The van der Waals surface area contributed by atoms with Gasteiger partial charge in [-0.1, -0.05) is 49.4 Å². The maximum Gasteiger partial charge on any atom is 0.119 e. The lowest BCUT2D eigenvalue weighted by Gasteiger charge is -2.15. The lowest BCUT2D eigenvalue weighted by Crippen LogP contribution is -2.10. The van der Waals surface area contributed by atoms with E-state index >= 15 is 0 Å². The molecule has 2 aromatic rings. The van der Waals surface area contributed by atoms with Crippen LogP contribution in [0, 0.1) is 0 Å². The topological polar surface area (TPSA) is 29.5 Å². The van der Waals surface area contributed by atoms with E-state index in [4.69, 9.17) is 4.74 Å². The lowest BCUT2D eigenvalue weighted by atomic mass is 9.96. The minimum atomic E-state index is -0.337. The monoisotopic (exact) mass is 256 g/mol. The smallest absolute Gasteiger partial charge is 0.119 e. The van der Waals surface area contributed by atoms with Gasteiger partial charge < -0.3 is 9.84 Å². The molecule has 100 valence electrons. The van der Waals surface area contributed by atoms with Crippen molar-refractivity contribution in [3.05, 3.63) is 65.7 Å². The van der Waals surface area contributed by atoms with E-state index in [1.165, 1.54) is 0 Å². The van der Waals surface area contributed by atoms with Crippen molar-refractivity contribution in [2.45, 2.75) is 32.5 Å². The number of aliphatic hydroxyl groups excluding tert-OH is 1. The van der Waals surface area contributed by atoms with Crippen LogP contribution in [0.25, 0.3) is 0 Å². The van der Waals surface area contributed by atoms with Crippen LogP contribution in [0.2, 0.25) is 0 Å². The average Bonchev–Trinajstić information content (AvgIpc) is 2.46. The number of hydrogen-bond donors (Lipinski definition) is 1. The Labute approximate surface area is 114 Å². The highest BCUT2D eigenvalue weighted by molar-refractivity contribution is 5.30. The van der Waals surface area contributed by atoms with Crippen molar-refractivity contribution in [1.29, 1.82) is 0 Å². The van der Waals surface area contributed by atoms with E-state index in [-0.39, 0.29) is 12.0 Å². The van der Waals surface area contributed by atoms with Gasteiger partial charge in [-0.3, -0.25) is 0 Å². The predicted molar refractivity (Wildman–Crippen MR) is 77.3 cm³/mol. The molecular formula is C17H20O2. The number of rotatable bonds is 5. The van der Waals surface area contributed by atoms with Crippen molar-refractivity contribution in [2.24, 2.45) is 0 Å². The largest absolute Gasteiger partial charge is 0.489 e. The summed E-state index contributed by atoms with van der Waals surface area (Å²) < 4.78 is 5.72. The zero-order valence-electron chi connectivity index (χ0n) is 11.4. The van der Waals surface area contributed by atoms with E-state index in [0.717, 1.165) is 16.9 Å². The Balaban J connectivity index is 1.96. The van der Waals surface area contributed by atoms with Crippen LogP contribution in [0.1, 0.15) is 30.9 Å². The van der Waals surface area contributed by atoms with E-state index in [1.54, 1.807) is 0 Å². The maximum absolute atomic E-state index is 9.56. The van der Waals surface area contributed by atoms with Gasteiger partial charge in [0.15, 0.2) is 0 Å². The summed E-state index contributed by atoms with van der Waals surface area (Å²) in [6.07, 6.45) is -0.337. The summed E-state index contributed by atoms with van der Waals surface area (Å²) in [4.78, 5) is 0. The fourth-order valence-electron chi connectivity index (χ4n) is 1.89. The molecule has 0 aromatic heterocycles. The molecule has 0 spiro atoms. The minimum Gasteiger partial charge on any atom is -0.489 e. The number of hydrogen-bond acceptors (Lipinski definition) is 2. The molecule has 2 nitrogen and oxygen atoms in total. The van der Waals surface area contributed by atoms with Gasteiger partial charge >= 0.3 is 0 Å². The Hall–Kier alpha value is -1.80. The molecule has 2 heteroatoms. The molecule has 0 fully saturated rings. The minimum absolute atomic E-state index is 0.142. The van der Waals surface area contributed by atoms with Gasteiger partial charge in [0.1, 0.15) is 12.4 Å². The zero-order valence-corrected chi connectivity index (χ0v) is 11.4. The molecule has 1 N–H and O–H groups in total. The van der Waals surface area contributed by atoms with Crippen molar-refractivity contribution >= 4 is 0 Å². The third kappa shape index (κ3) is 3.83. The van der Waals surface area contributed by atoms with Crippen LogP contribution < -0.4 is 4.74 Å². The summed E-state index contributed by atoms with van der Waals surface area (Å²) in [5.74, 6) is 0.994. The van der Waals surface area contributed by atoms with Crippen LogP contribution in [0.4, 0.5) is 0 Å². The van der Waals surface area contributed by atoms with Crippen LogP contribution >= 0.6 is 0 Å². The highest BCUT2D eigenvalue weighted by Gasteiger charge is 2.10. The van der Waals surface area contributed by atoms with Gasteiger partial charge in [0.25, 0.3) is 0 Å². The molecule has 0 bridgehead atoms. The van der Waals surface area contributed by atoms with Gasteiger partial charge in [0.2, 0.25) is 0 Å². The summed E-state index contributed by atoms with van der Waals surface area (Å²) in [6, 6.07) is 18.0. The SMILES string of the molecule is CC(O)C(C)c1ccc(OCc2ccccc2)cc1. The molecule has 2 rings (SSSR count). The van der Waals surface area contributed by atoms with Crippen LogP contribution in [0.15, 0.2) is 54.6 Å². The molecule has 2 aromatic carbocycles. The Morgan fingerprint density at radius 1 is 0.947 bits per heavy atom. The first-order chi connectivity index (χ1) is 9.16. The van der Waals surface area contributed by atoms with E-state index in [1.807, 2.05) is 68.4 Å². The van der Waals surface area contributed by atoms with Crippen molar-refractivity contribution in [3.8, 4) is 5.75 Å². The van der Waals surface area contributed by atoms with Crippen molar-refractivity contribution < 1.29 is 9.84 Å². The molecule has 2 unspecified atom stereocenters. The van der Waals surface area contributed by atoms with Crippen molar-refractivity contribution in [3.63, 3.8) is 0 Å². The first kappa shape index (κ1) is 13.6. The molecule has 0 heterocycles. The first-order valence-corrected chi connectivity index (χ1v) is 6.61. The molecule has 0 radical (unpaired) electrons. The maximum atomic E-state index is 9.56.